The second kappa shape index (κ2) is 6.25. The van der Waals surface area contributed by atoms with Crippen LogP contribution in [0.25, 0.3) is 0 Å². The molecular formula is C16H29NO2. The number of likely N-dealkylation sites (tertiary alicyclic amines) is 1. The van der Waals surface area contributed by atoms with Crippen LogP contribution in [-0.2, 0) is 4.79 Å². The Balaban J connectivity index is 1.88. The number of nitrogens with zero attached hydrogens (tertiary/aromatic N) is 1. The number of carbonyl (C=O) groups is 1. The van der Waals surface area contributed by atoms with Crippen LogP contribution in [0.1, 0.15) is 65.2 Å². The molecular weight excluding hydrogens is 238 g/mol. The fraction of sp³-hybridized carbons (Fsp3) is 0.938. The SMILES string of the molecule is CC1(C)CCC(=O)N(CC(O)C2CCCCC2)CC1. The smallest absolute Gasteiger partial charge is 0.222 e. The van der Waals surface area contributed by atoms with Gasteiger partial charge in [0.05, 0.1) is 6.10 Å². The summed E-state index contributed by atoms with van der Waals surface area (Å²) in [6, 6.07) is 0. The number of hydrogen-bond donors (Lipinski definition) is 1. The highest BCUT2D eigenvalue weighted by molar-refractivity contribution is 5.76. The molecule has 0 spiro atoms. The second-order valence-corrected chi connectivity index (χ2v) is 7.22. The van der Waals surface area contributed by atoms with E-state index >= 15 is 0 Å². The van der Waals surface area contributed by atoms with Crippen molar-refractivity contribution < 1.29 is 9.90 Å². The lowest BCUT2D eigenvalue weighted by Crippen LogP contribution is -2.40. The Kier molecular flexibility index (Phi) is 4.88. The van der Waals surface area contributed by atoms with Crippen LogP contribution in [0.15, 0.2) is 0 Å². The van der Waals surface area contributed by atoms with Gasteiger partial charge in [0.15, 0.2) is 0 Å². The highest BCUT2D eigenvalue weighted by Crippen LogP contribution is 2.31. The van der Waals surface area contributed by atoms with Crippen LogP contribution in [0.3, 0.4) is 0 Å². The van der Waals surface area contributed by atoms with Crippen molar-refractivity contribution >= 4 is 5.91 Å². The van der Waals surface area contributed by atoms with Gasteiger partial charge in [0.2, 0.25) is 5.91 Å². The highest BCUT2D eigenvalue weighted by atomic mass is 16.3. The predicted molar refractivity (Wildman–Crippen MR) is 76.8 cm³/mol. The van der Waals surface area contributed by atoms with Gasteiger partial charge in [-0.25, -0.2) is 0 Å². The van der Waals surface area contributed by atoms with Gasteiger partial charge in [-0.15, -0.1) is 0 Å². The average Bonchev–Trinajstić information content (AvgIpc) is 2.53. The van der Waals surface area contributed by atoms with E-state index in [0.29, 0.717) is 18.9 Å². The van der Waals surface area contributed by atoms with E-state index in [1.165, 1.54) is 19.3 Å². The maximum absolute atomic E-state index is 12.1. The Morgan fingerprint density at radius 2 is 1.95 bits per heavy atom. The lowest BCUT2D eigenvalue weighted by molar-refractivity contribution is -0.132. The first-order chi connectivity index (χ1) is 8.98. The summed E-state index contributed by atoms with van der Waals surface area (Å²) in [5.41, 5.74) is 0.264. The highest BCUT2D eigenvalue weighted by Gasteiger charge is 2.30. The Morgan fingerprint density at radius 3 is 2.63 bits per heavy atom. The molecule has 0 aromatic carbocycles. The van der Waals surface area contributed by atoms with Crippen molar-refractivity contribution in [3.05, 3.63) is 0 Å². The van der Waals surface area contributed by atoms with Crippen molar-refractivity contribution in [1.82, 2.24) is 4.90 Å². The summed E-state index contributed by atoms with van der Waals surface area (Å²) in [7, 11) is 0. The van der Waals surface area contributed by atoms with Gasteiger partial charge in [-0.1, -0.05) is 33.1 Å². The molecule has 1 amide bonds. The van der Waals surface area contributed by atoms with E-state index in [1.807, 2.05) is 4.90 Å². The van der Waals surface area contributed by atoms with E-state index in [-0.39, 0.29) is 17.4 Å². The van der Waals surface area contributed by atoms with E-state index in [2.05, 4.69) is 13.8 Å². The van der Waals surface area contributed by atoms with Gasteiger partial charge < -0.3 is 10.0 Å². The largest absolute Gasteiger partial charge is 0.391 e. The molecule has 2 aliphatic rings. The molecule has 0 radical (unpaired) electrons. The molecule has 2 rings (SSSR count). The molecule has 1 aliphatic carbocycles. The van der Waals surface area contributed by atoms with E-state index in [1.54, 1.807) is 0 Å². The molecule has 0 aromatic heterocycles. The lowest BCUT2D eigenvalue weighted by Gasteiger charge is -2.31. The summed E-state index contributed by atoms with van der Waals surface area (Å²) in [5.74, 6) is 0.651. The molecule has 1 N–H and O–H groups in total. The number of carbonyl (C=O) groups excluding carboxylic acids is 1. The molecule has 110 valence electrons. The van der Waals surface area contributed by atoms with Crippen molar-refractivity contribution in [1.29, 1.82) is 0 Å². The maximum Gasteiger partial charge on any atom is 0.222 e. The van der Waals surface area contributed by atoms with E-state index in [9.17, 15) is 9.90 Å². The number of hydrogen-bond acceptors (Lipinski definition) is 2. The van der Waals surface area contributed by atoms with Crippen LogP contribution in [0.5, 0.6) is 0 Å². The first kappa shape index (κ1) is 14.8. The topological polar surface area (TPSA) is 40.5 Å². The van der Waals surface area contributed by atoms with Gasteiger partial charge in [-0.2, -0.15) is 0 Å². The molecule has 0 aromatic rings. The third-order valence-corrected chi connectivity index (χ3v) is 5.03. The van der Waals surface area contributed by atoms with Gasteiger partial charge in [0.25, 0.3) is 0 Å². The summed E-state index contributed by atoms with van der Waals surface area (Å²) < 4.78 is 0. The van der Waals surface area contributed by atoms with Crippen LogP contribution < -0.4 is 0 Å². The summed E-state index contributed by atoms with van der Waals surface area (Å²) in [5, 5.41) is 10.4. The zero-order valence-electron chi connectivity index (χ0n) is 12.5. The van der Waals surface area contributed by atoms with Crippen LogP contribution in [-0.4, -0.2) is 35.1 Å². The van der Waals surface area contributed by atoms with E-state index in [4.69, 9.17) is 0 Å². The molecule has 1 heterocycles. The summed E-state index contributed by atoms with van der Waals surface area (Å²) in [6.45, 7) is 5.85. The number of aliphatic hydroxyl groups excluding tert-OH is 1. The zero-order chi connectivity index (χ0) is 13.9. The first-order valence-electron chi connectivity index (χ1n) is 7.94. The second-order valence-electron chi connectivity index (χ2n) is 7.22. The average molecular weight is 267 g/mol. The molecule has 0 bridgehead atoms. The predicted octanol–water partition coefficient (Wildman–Crippen LogP) is 2.97. The van der Waals surface area contributed by atoms with Crippen LogP contribution >= 0.6 is 0 Å². The van der Waals surface area contributed by atoms with Gasteiger partial charge >= 0.3 is 0 Å². The quantitative estimate of drug-likeness (QED) is 0.854. The van der Waals surface area contributed by atoms with Crippen molar-refractivity contribution in [3.8, 4) is 0 Å². The van der Waals surface area contributed by atoms with Gasteiger partial charge in [-0.3, -0.25) is 4.79 Å². The van der Waals surface area contributed by atoms with Crippen molar-refractivity contribution in [3.63, 3.8) is 0 Å². The number of aliphatic hydroxyl groups is 1. The zero-order valence-corrected chi connectivity index (χ0v) is 12.5. The fourth-order valence-electron chi connectivity index (χ4n) is 3.38. The summed E-state index contributed by atoms with van der Waals surface area (Å²) in [4.78, 5) is 14.0. The van der Waals surface area contributed by atoms with Crippen LogP contribution in [0.2, 0.25) is 0 Å². The normalized spacial score (nSPS) is 27.1. The summed E-state index contributed by atoms with van der Waals surface area (Å²) >= 11 is 0. The molecule has 2 fully saturated rings. The molecule has 1 aliphatic heterocycles. The van der Waals surface area contributed by atoms with Gasteiger partial charge in [0.1, 0.15) is 0 Å². The Morgan fingerprint density at radius 1 is 1.26 bits per heavy atom. The standard InChI is InChI=1S/C16H29NO2/c1-16(2)9-8-15(19)17(11-10-16)12-14(18)13-6-4-3-5-7-13/h13-14,18H,3-12H2,1-2H3. The Hall–Kier alpha value is -0.570. The number of amides is 1. The summed E-state index contributed by atoms with van der Waals surface area (Å²) in [6.07, 6.45) is 8.41. The maximum atomic E-state index is 12.1. The van der Waals surface area contributed by atoms with Crippen molar-refractivity contribution in [2.75, 3.05) is 13.1 Å². The molecule has 1 atom stereocenters. The van der Waals surface area contributed by atoms with Crippen LogP contribution in [0.4, 0.5) is 0 Å². The minimum Gasteiger partial charge on any atom is -0.391 e. The monoisotopic (exact) mass is 267 g/mol. The Bertz CT molecular complexity index is 308. The number of β-amino-alcohol motifs (C(OH)–C–C–N with tert-alkyl or cyclic N) is 1. The van der Waals surface area contributed by atoms with Crippen LogP contribution in [0, 0.1) is 11.3 Å². The molecule has 19 heavy (non-hydrogen) atoms. The van der Waals surface area contributed by atoms with Crippen molar-refractivity contribution in [2.24, 2.45) is 11.3 Å². The third kappa shape index (κ3) is 4.20. The molecule has 1 unspecified atom stereocenters. The van der Waals surface area contributed by atoms with E-state index in [0.717, 1.165) is 32.2 Å². The van der Waals surface area contributed by atoms with Gasteiger partial charge in [-0.05, 0) is 37.0 Å². The van der Waals surface area contributed by atoms with Crippen molar-refractivity contribution in [2.45, 2.75) is 71.3 Å². The lowest BCUT2D eigenvalue weighted by atomic mass is 9.85. The Labute approximate surface area is 117 Å². The first-order valence-corrected chi connectivity index (χ1v) is 7.94. The van der Waals surface area contributed by atoms with Gasteiger partial charge in [0, 0.05) is 19.5 Å². The molecule has 1 saturated carbocycles. The third-order valence-electron chi connectivity index (χ3n) is 5.03. The molecule has 3 nitrogen and oxygen atoms in total. The minimum absolute atomic E-state index is 0.237. The number of rotatable bonds is 3. The minimum atomic E-state index is -0.314. The van der Waals surface area contributed by atoms with E-state index < -0.39 is 0 Å². The molecule has 1 saturated heterocycles. The fourth-order valence-corrected chi connectivity index (χ4v) is 3.38. The molecule has 3 heteroatoms.